The molecular weight excluding hydrogens is 1120 g/mol. The minimum Gasteiger partial charge on any atom is -0.479 e. The van der Waals surface area contributed by atoms with E-state index in [1.165, 1.54) is 9.44 Å². The van der Waals surface area contributed by atoms with Crippen molar-refractivity contribution in [1.29, 1.82) is 0 Å². The minimum atomic E-state index is -5.77. The third-order valence-corrected chi connectivity index (χ3v) is 13.4. The van der Waals surface area contributed by atoms with Gasteiger partial charge in [0.2, 0.25) is 0 Å². The van der Waals surface area contributed by atoms with Crippen molar-refractivity contribution >= 4 is 53.3 Å². The maximum absolute atomic E-state index is 12.6. The molecule has 5 rings (SSSR count). The highest BCUT2D eigenvalue weighted by Crippen LogP contribution is 2.36. The normalized spacial score (nSPS) is 43.9. The molecule has 40 nitrogen and oxygen atoms in total. The Labute approximate surface area is 414 Å². The van der Waals surface area contributed by atoms with E-state index < -0.39 is 227 Å². The van der Waals surface area contributed by atoms with Gasteiger partial charge in [0.1, 0.15) is 104 Å². The summed E-state index contributed by atoms with van der Waals surface area (Å²) < 4.78 is 190. The lowest BCUT2D eigenvalue weighted by molar-refractivity contribution is -0.373. The van der Waals surface area contributed by atoms with Gasteiger partial charge in [-0.25, -0.2) is 18.0 Å². The molecule has 0 aromatic rings. The number of carboxylic acids is 2. The zero-order valence-electron chi connectivity index (χ0n) is 36.5. The number of hydrogen-bond acceptors (Lipinski definition) is 32. The van der Waals surface area contributed by atoms with Gasteiger partial charge in [0.15, 0.2) is 43.7 Å². The number of aliphatic hydroxyl groups is 10. The van der Waals surface area contributed by atoms with Crippen molar-refractivity contribution in [2.75, 3.05) is 19.8 Å². The third-order valence-electron chi connectivity index (χ3n) is 11.4. The van der Waals surface area contributed by atoms with Crippen molar-refractivity contribution in [2.45, 2.75) is 153 Å². The zero-order chi connectivity index (χ0) is 55.9. The second-order valence-electron chi connectivity index (χ2n) is 16.4. The molecule has 5 heterocycles. The topological polar surface area (TPSA) is 646 Å². The fraction of sp³-hybridized carbons (Fsp3) is 0.933. The van der Waals surface area contributed by atoms with E-state index in [9.17, 15) is 118 Å². The Bertz CT molecular complexity index is 2390. The fourth-order valence-electron chi connectivity index (χ4n) is 8.02. The minimum absolute atomic E-state index is 1.13. The van der Waals surface area contributed by atoms with E-state index in [-0.39, 0.29) is 0 Å². The van der Waals surface area contributed by atoms with Gasteiger partial charge in [-0.15, -0.1) is 0 Å². The quantitative estimate of drug-likeness (QED) is 0.0475. The third kappa shape index (κ3) is 15.2. The summed E-state index contributed by atoms with van der Waals surface area (Å²) in [4.78, 5) is 25.1. The predicted octanol–water partition coefficient (Wildman–Crippen LogP) is -13.3. The van der Waals surface area contributed by atoms with Crippen LogP contribution in [0.5, 0.6) is 0 Å². The van der Waals surface area contributed by atoms with E-state index in [2.05, 4.69) is 8.37 Å². The van der Waals surface area contributed by atoms with Crippen LogP contribution in [0.25, 0.3) is 0 Å². The number of hydrogen-bond donors (Lipinski definition) is 19. The SMILES string of the molecule is N[C@H]1[C@@H](O[C@H]2[C@H](O)[C@@H](O)[C@H](O[C@H]3[C@H](O)[C@@H](NS(=O)(=O)O)[C@@H](O)O[C@@H]3CO)O[C@H]2C(=O)O)O[C@H](CO)[C@@H](O[C@@H]2O[C@H](C(=O)O)[C@@H](O[C@H]3O[C@H](COS(=O)(=O)O)[C@@H](O)[C@H](O)[C@H]3NS(=O)(=O)O)[C@H](O)[C@H]2O)[C@@H]1OS(=O)(=O)O. The van der Waals surface area contributed by atoms with Crippen molar-refractivity contribution in [2.24, 2.45) is 5.73 Å². The van der Waals surface area contributed by atoms with Crippen LogP contribution in [0, 0.1) is 0 Å². The highest BCUT2D eigenvalue weighted by molar-refractivity contribution is 7.84. The molecule has 5 aliphatic rings. The van der Waals surface area contributed by atoms with Gasteiger partial charge in [-0.1, -0.05) is 0 Å². The first-order valence-corrected chi connectivity index (χ1v) is 26.1. The van der Waals surface area contributed by atoms with Crippen molar-refractivity contribution in [3.8, 4) is 0 Å². The Morgan fingerprint density at radius 1 is 0.473 bits per heavy atom. The van der Waals surface area contributed by atoms with E-state index in [1.54, 1.807) is 0 Å². The second kappa shape index (κ2) is 24.3. The number of nitrogens with one attached hydrogen (secondary N) is 2. The Morgan fingerprint density at radius 2 is 0.905 bits per heavy atom. The van der Waals surface area contributed by atoms with Gasteiger partial charge in [0.25, 0.3) is 0 Å². The van der Waals surface area contributed by atoms with Crippen molar-refractivity contribution in [3.05, 3.63) is 0 Å². The molecule has 0 radical (unpaired) electrons. The van der Waals surface area contributed by atoms with Crippen molar-refractivity contribution < 1.29 is 174 Å². The molecule has 0 unspecified atom stereocenters. The Hall–Kier alpha value is -2.38. The van der Waals surface area contributed by atoms with Gasteiger partial charge in [-0.2, -0.15) is 43.1 Å². The number of aliphatic hydroxyl groups excluding tert-OH is 10. The number of rotatable bonds is 21. The molecule has 0 bridgehead atoms. The molecular formula is C30H51N3O37S4. The Kier molecular flexibility index (Phi) is 20.5. The smallest absolute Gasteiger partial charge is 0.397 e. The average Bonchev–Trinajstić information content (AvgIpc) is 3.27. The van der Waals surface area contributed by atoms with Crippen molar-refractivity contribution in [3.63, 3.8) is 0 Å². The second-order valence-corrected chi connectivity index (χ2v) is 20.9. The maximum Gasteiger partial charge on any atom is 0.397 e. The van der Waals surface area contributed by atoms with Crippen molar-refractivity contribution in [1.82, 2.24) is 9.44 Å². The Balaban J connectivity index is 1.38. The number of carboxylic acid groups (broad SMARTS) is 2. The molecule has 0 saturated carbocycles. The van der Waals surface area contributed by atoms with Gasteiger partial charge in [-0.3, -0.25) is 18.2 Å². The molecule has 0 aromatic carbocycles. The largest absolute Gasteiger partial charge is 0.479 e. The van der Waals surface area contributed by atoms with Crippen LogP contribution in [0.2, 0.25) is 0 Å². The van der Waals surface area contributed by atoms with Crippen LogP contribution in [0.15, 0.2) is 0 Å². The molecule has 0 aliphatic carbocycles. The zero-order valence-corrected chi connectivity index (χ0v) is 39.8. The summed E-state index contributed by atoms with van der Waals surface area (Å²) in [5.74, 6) is -4.22. The molecule has 5 fully saturated rings. The summed E-state index contributed by atoms with van der Waals surface area (Å²) in [5.41, 5.74) is 6.16. The molecule has 5 aliphatic heterocycles. The first-order chi connectivity index (χ1) is 34.0. The molecule has 44 heteroatoms. The average molecular weight is 1170 g/mol. The van der Waals surface area contributed by atoms with E-state index in [1.807, 2.05) is 0 Å². The van der Waals surface area contributed by atoms with Gasteiger partial charge in [-0.05, 0) is 0 Å². The molecule has 74 heavy (non-hydrogen) atoms. The van der Waals surface area contributed by atoms with Gasteiger partial charge in [0, 0.05) is 0 Å². The fourth-order valence-corrected chi connectivity index (χ4v) is 10.0. The first-order valence-electron chi connectivity index (χ1n) is 20.5. The monoisotopic (exact) mass is 1170 g/mol. The van der Waals surface area contributed by atoms with Gasteiger partial charge in [0.05, 0.1) is 25.9 Å². The lowest BCUT2D eigenvalue weighted by Crippen LogP contribution is -2.70. The lowest BCUT2D eigenvalue weighted by Gasteiger charge is -2.49. The maximum atomic E-state index is 12.6. The lowest BCUT2D eigenvalue weighted by atomic mass is 9.94. The summed E-state index contributed by atoms with van der Waals surface area (Å²) in [6.07, 6.45) is -53.0. The highest BCUT2D eigenvalue weighted by Gasteiger charge is 2.59. The summed E-state index contributed by atoms with van der Waals surface area (Å²) in [6, 6.07) is -6.85. The van der Waals surface area contributed by atoms with Crippen LogP contribution < -0.4 is 15.2 Å². The van der Waals surface area contributed by atoms with E-state index in [4.69, 9.17) is 52.9 Å². The van der Waals surface area contributed by atoms with E-state index in [0.29, 0.717) is 0 Å². The summed E-state index contributed by atoms with van der Waals surface area (Å²) in [7, 11) is -21.7. The number of aliphatic carboxylic acids is 2. The number of ether oxygens (including phenoxy) is 9. The van der Waals surface area contributed by atoms with Crippen LogP contribution in [0.1, 0.15) is 0 Å². The summed E-state index contributed by atoms with van der Waals surface area (Å²) in [6.45, 7) is -3.89. The highest BCUT2D eigenvalue weighted by atomic mass is 32.3. The van der Waals surface area contributed by atoms with Crippen LogP contribution in [-0.2, 0) is 102 Å². The molecule has 0 spiro atoms. The standard InChI is InChI=1S/C30H51N3O37S4/c31-7-19(70-74(57,58)59)18(65-30-16(42)14(40)21(23(69-30)25(45)46)67-28-9(33-72(51,52)53)11(37)10(36)6(63-28)3-60-73(54,55)56)5(2-35)62-27(7)66-20-13(39)15(41)29(68-22(20)24(43)44)64-17-4(1-34)61-26(47)8(12(17)38)32-71(48,49)50/h4-23,26-30,32-42,47H,1-3,31H2,(H,43,44)(H,45,46)(H,48,49,50)(H,51,52,53)(H,54,55,56)(H,57,58,59)/t4-,5-,6-,7-,8-,9-,10-,11-,12-,13-,14-,15-,16-,17-,18-,19-,20+,21+,22-,23+,26+,27-,28-,29-,30-/m1/s1. The van der Waals surface area contributed by atoms with Crippen LogP contribution in [0.4, 0.5) is 0 Å². The van der Waals surface area contributed by atoms with Crippen LogP contribution in [-0.4, -0.2) is 298 Å². The number of nitrogens with two attached hydrogens (primary N) is 1. The molecule has 20 N–H and O–H groups in total. The summed E-state index contributed by atoms with van der Waals surface area (Å²) >= 11 is 0. The van der Waals surface area contributed by atoms with Gasteiger partial charge >= 0.3 is 53.3 Å². The van der Waals surface area contributed by atoms with E-state index in [0.717, 1.165) is 0 Å². The van der Waals surface area contributed by atoms with Gasteiger partial charge < -0.3 is 110 Å². The van der Waals surface area contributed by atoms with E-state index >= 15 is 0 Å². The predicted molar refractivity (Wildman–Crippen MR) is 215 cm³/mol. The molecule has 5 saturated heterocycles. The molecule has 432 valence electrons. The van der Waals surface area contributed by atoms with Crippen LogP contribution >= 0.6 is 0 Å². The van der Waals surface area contributed by atoms with Crippen LogP contribution in [0.3, 0.4) is 0 Å². The molecule has 0 amide bonds. The molecule has 25 atom stereocenters. The number of carbonyl (C=O) groups is 2. The Morgan fingerprint density at radius 3 is 1.35 bits per heavy atom. The first kappa shape index (κ1) is 62.5. The summed E-state index contributed by atoms with van der Waals surface area (Å²) in [5, 5.41) is 127. The molecule has 0 aromatic heterocycles.